The van der Waals surface area contributed by atoms with E-state index < -0.39 is 84.3 Å². The van der Waals surface area contributed by atoms with Crippen LogP contribution in [0, 0.1) is 0 Å². The summed E-state index contributed by atoms with van der Waals surface area (Å²) in [6.07, 6.45) is -0.360. The van der Waals surface area contributed by atoms with Crippen LogP contribution in [0.5, 0.6) is 5.75 Å². The molecule has 0 aromatic heterocycles. The monoisotopic (exact) mass is 728 g/mol. The zero-order valence-corrected chi connectivity index (χ0v) is 26.8. The first-order chi connectivity index (χ1) is 22.4. The molecule has 5 unspecified atom stereocenters. The molecular formula is C26H44N6O16S. The molecule has 0 bridgehead atoms. The Morgan fingerprint density at radius 1 is 0.551 bits per heavy atom. The number of thiol groups is 1. The summed E-state index contributed by atoms with van der Waals surface area (Å²) in [4.78, 5) is 79.8. The summed E-state index contributed by atoms with van der Waals surface area (Å²) in [5.74, 6) is -8.01. The van der Waals surface area contributed by atoms with Crippen molar-refractivity contribution in [1.29, 1.82) is 0 Å². The number of amides is 1. The van der Waals surface area contributed by atoms with Crippen LogP contribution in [0.25, 0.3) is 0 Å². The second-order valence-corrected chi connectivity index (χ2v) is 9.68. The van der Waals surface area contributed by atoms with Gasteiger partial charge in [0, 0.05) is 18.6 Å². The molecule has 0 spiro atoms. The zero-order valence-electron chi connectivity index (χ0n) is 25.9. The summed E-state index contributed by atoms with van der Waals surface area (Å²) in [6.45, 7) is 0. The number of hydrogen-bond acceptors (Lipinski definition) is 15. The SMILES string of the molecule is NC(=O)CCC(N)C(=O)O.NC(CC(=O)O)C(=O)O.NC(CCC(=O)O)C(=O)O.NC(CS)C(=O)O.NC(Cc1ccc(O)cc1)C(=O)O. The number of benzene rings is 1. The minimum atomic E-state index is -1.29. The van der Waals surface area contributed by atoms with E-state index in [2.05, 4.69) is 12.6 Å². The van der Waals surface area contributed by atoms with Crippen LogP contribution in [0.15, 0.2) is 24.3 Å². The maximum atomic E-state index is 10.4. The van der Waals surface area contributed by atoms with E-state index in [-0.39, 0.29) is 43.6 Å². The molecule has 0 heterocycles. The zero-order chi connectivity index (χ0) is 39.4. The van der Waals surface area contributed by atoms with Crippen molar-refractivity contribution in [3.63, 3.8) is 0 Å². The summed E-state index contributed by atoms with van der Waals surface area (Å²) in [7, 11) is 0. The summed E-state index contributed by atoms with van der Waals surface area (Å²) in [5.41, 5.74) is 30.7. The molecule has 49 heavy (non-hydrogen) atoms. The van der Waals surface area contributed by atoms with E-state index in [0.29, 0.717) is 0 Å². The molecule has 22 nitrogen and oxygen atoms in total. The Hall–Kier alpha value is -5.07. The fourth-order valence-electron chi connectivity index (χ4n) is 2.15. The highest BCUT2D eigenvalue weighted by molar-refractivity contribution is 7.80. The van der Waals surface area contributed by atoms with E-state index in [1.54, 1.807) is 12.1 Å². The smallest absolute Gasteiger partial charge is 0.321 e. The van der Waals surface area contributed by atoms with Crippen LogP contribution >= 0.6 is 12.6 Å². The van der Waals surface area contributed by atoms with Crippen molar-refractivity contribution < 1.29 is 79.2 Å². The van der Waals surface area contributed by atoms with E-state index in [4.69, 9.17) is 75.3 Å². The summed E-state index contributed by atoms with van der Waals surface area (Å²) in [5, 5.41) is 66.0. The number of hydrogen-bond donors (Lipinski definition) is 15. The van der Waals surface area contributed by atoms with Crippen molar-refractivity contribution in [2.24, 2.45) is 34.4 Å². The lowest BCUT2D eigenvalue weighted by atomic mass is 10.1. The molecule has 1 rings (SSSR count). The van der Waals surface area contributed by atoms with Crippen LogP contribution in [-0.2, 0) is 44.8 Å². The van der Waals surface area contributed by atoms with Gasteiger partial charge in [0.15, 0.2) is 0 Å². The van der Waals surface area contributed by atoms with Gasteiger partial charge in [-0.15, -0.1) is 0 Å². The molecule has 0 aliphatic heterocycles. The van der Waals surface area contributed by atoms with Crippen LogP contribution in [-0.4, -0.2) is 125 Å². The second kappa shape index (κ2) is 29.1. The van der Waals surface area contributed by atoms with E-state index in [9.17, 15) is 38.4 Å². The van der Waals surface area contributed by atoms with Crippen molar-refractivity contribution in [3.05, 3.63) is 29.8 Å². The number of nitrogens with two attached hydrogens (primary N) is 6. The van der Waals surface area contributed by atoms with Gasteiger partial charge in [0.05, 0.1) is 6.42 Å². The highest BCUT2D eigenvalue weighted by atomic mass is 32.1. The van der Waals surface area contributed by atoms with Crippen LogP contribution in [0.4, 0.5) is 0 Å². The lowest BCUT2D eigenvalue weighted by Crippen LogP contribution is -2.32. The van der Waals surface area contributed by atoms with Crippen LogP contribution in [0.2, 0.25) is 0 Å². The number of primary amides is 1. The second-order valence-electron chi connectivity index (χ2n) is 9.31. The molecule has 0 aliphatic carbocycles. The summed E-state index contributed by atoms with van der Waals surface area (Å²) < 4.78 is 0. The topological polar surface area (TPSA) is 455 Å². The van der Waals surface area contributed by atoms with Gasteiger partial charge in [-0.25, -0.2) is 0 Å². The van der Waals surface area contributed by atoms with Crippen molar-refractivity contribution in [1.82, 2.24) is 0 Å². The maximum Gasteiger partial charge on any atom is 0.321 e. The van der Waals surface area contributed by atoms with Gasteiger partial charge < -0.3 is 75.3 Å². The van der Waals surface area contributed by atoms with Gasteiger partial charge in [-0.1, -0.05) is 12.1 Å². The van der Waals surface area contributed by atoms with E-state index in [1.165, 1.54) is 12.1 Å². The molecule has 1 amide bonds. The van der Waals surface area contributed by atoms with E-state index in [0.717, 1.165) is 5.56 Å². The van der Waals surface area contributed by atoms with Gasteiger partial charge in [0.25, 0.3) is 0 Å². The van der Waals surface area contributed by atoms with Gasteiger partial charge in [-0.2, -0.15) is 12.6 Å². The van der Waals surface area contributed by atoms with Gasteiger partial charge in [0.2, 0.25) is 5.91 Å². The highest BCUT2D eigenvalue weighted by Crippen LogP contribution is 2.10. The Balaban J connectivity index is -0.000000262. The molecule has 23 heteroatoms. The third-order valence-corrected chi connectivity index (χ3v) is 5.33. The third kappa shape index (κ3) is 35.6. The van der Waals surface area contributed by atoms with Crippen molar-refractivity contribution in [3.8, 4) is 5.75 Å². The average Bonchev–Trinajstić information content (AvgIpc) is 2.99. The Bertz CT molecular complexity index is 1170. The lowest BCUT2D eigenvalue weighted by molar-refractivity contribution is -0.144. The molecule has 0 aliphatic rings. The first kappa shape index (κ1) is 50.8. The Morgan fingerprint density at radius 2 is 0.918 bits per heavy atom. The van der Waals surface area contributed by atoms with Crippen LogP contribution < -0.4 is 34.4 Å². The van der Waals surface area contributed by atoms with Gasteiger partial charge >= 0.3 is 41.8 Å². The maximum absolute atomic E-state index is 10.4. The van der Waals surface area contributed by atoms with Crippen molar-refractivity contribution >= 4 is 60.3 Å². The number of aliphatic carboxylic acids is 7. The number of carboxylic acid groups (broad SMARTS) is 7. The number of carbonyl (C=O) groups excluding carboxylic acids is 1. The largest absolute Gasteiger partial charge is 0.508 e. The third-order valence-electron chi connectivity index (χ3n) is 4.94. The number of rotatable bonds is 16. The first-order valence-corrected chi connectivity index (χ1v) is 14.0. The molecular weight excluding hydrogens is 684 g/mol. The first-order valence-electron chi connectivity index (χ1n) is 13.4. The molecule has 1 aromatic rings. The fraction of sp³-hybridized carbons (Fsp3) is 0.462. The van der Waals surface area contributed by atoms with Gasteiger partial charge in [-0.3, -0.25) is 38.4 Å². The van der Waals surface area contributed by atoms with Crippen LogP contribution in [0.3, 0.4) is 0 Å². The lowest BCUT2D eigenvalue weighted by Gasteiger charge is -2.05. The van der Waals surface area contributed by atoms with Crippen molar-refractivity contribution in [2.75, 3.05) is 5.75 Å². The normalized spacial score (nSPS) is 12.6. The Kier molecular flexibility index (Phi) is 30.2. The van der Waals surface area contributed by atoms with E-state index in [1.807, 2.05) is 0 Å². The molecule has 20 N–H and O–H groups in total. The average molecular weight is 729 g/mol. The van der Waals surface area contributed by atoms with Gasteiger partial charge in [0.1, 0.15) is 36.0 Å². The number of carboxylic acids is 7. The fourth-order valence-corrected chi connectivity index (χ4v) is 2.31. The standard InChI is InChI=1S/C9H11NO3.C5H10N2O3.C5H9NO4.C4H7NO4.C3H7NO2S/c10-8(9(12)13)5-6-1-3-7(11)4-2-6;2*6-3(5(9)10)1-2-4(7)8;5-2(4(8)9)1-3(6)7;4-2(1-7)3(5)6/h1-4,8,11H,5,10H2,(H,12,13);3H,1-2,6H2,(H2,7,8)(H,9,10);3H,1-2,6H2,(H,7,8)(H,9,10);2H,1,5H2,(H,6,7)(H,8,9);2,7H,1,4H2,(H,5,6). The number of phenolic OH excluding ortho intramolecular Hbond substituents is 1. The predicted octanol–water partition coefficient (Wildman–Crippen LogP) is -3.53. The molecule has 1 aromatic carbocycles. The summed E-state index contributed by atoms with van der Waals surface area (Å²) in [6, 6.07) is 1.28. The number of carbonyl (C=O) groups is 8. The Labute approximate surface area is 284 Å². The molecule has 5 atom stereocenters. The van der Waals surface area contributed by atoms with E-state index >= 15 is 0 Å². The molecule has 280 valence electrons. The minimum Gasteiger partial charge on any atom is -0.508 e. The predicted molar refractivity (Wildman–Crippen MR) is 171 cm³/mol. The Morgan fingerprint density at radius 3 is 1.16 bits per heavy atom. The van der Waals surface area contributed by atoms with Crippen LogP contribution in [0.1, 0.15) is 37.7 Å². The molecule has 0 radical (unpaired) electrons. The molecule has 0 saturated heterocycles. The minimum absolute atomic E-state index is 0.0213. The van der Waals surface area contributed by atoms with Crippen molar-refractivity contribution in [2.45, 2.75) is 68.7 Å². The van der Waals surface area contributed by atoms with Gasteiger partial charge in [-0.05, 0) is 37.0 Å². The molecule has 0 saturated carbocycles. The quantitative estimate of drug-likeness (QED) is 0.0733. The molecule has 0 fully saturated rings. The number of aromatic hydroxyl groups is 1. The number of phenols is 1. The summed E-state index contributed by atoms with van der Waals surface area (Å²) >= 11 is 3.65. The highest BCUT2D eigenvalue weighted by Gasteiger charge is 2.15.